The quantitative estimate of drug-likeness (QED) is 0.769. The van der Waals surface area contributed by atoms with Crippen LogP contribution >= 0.6 is 11.3 Å². The second-order valence-corrected chi connectivity index (χ2v) is 7.18. The zero-order valence-corrected chi connectivity index (χ0v) is 15.0. The van der Waals surface area contributed by atoms with Crippen molar-refractivity contribution in [2.75, 3.05) is 11.9 Å². The second kappa shape index (κ2) is 6.76. The van der Waals surface area contributed by atoms with Gasteiger partial charge in [-0.2, -0.15) is 0 Å². The van der Waals surface area contributed by atoms with E-state index in [0.717, 1.165) is 10.6 Å². The highest BCUT2D eigenvalue weighted by atomic mass is 32.1. The van der Waals surface area contributed by atoms with E-state index in [1.165, 1.54) is 11.3 Å². The van der Waals surface area contributed by atoms with E-state index in [-0.39, 0.29) is 17.6 Å². The van der Waals surface area contributed by atoms with Gasteiger partial charge in [-0.3, -0.25) is 14.9 Å². The van der Waals surface area contributed by atoms with Gasteiger partial charge in [0.05, 0.1) is 12.2 Å². The number of benzene rings is 1. The van der Waals surface area contributed by atoms with Crippen molar-refractivity contribution in [1.29, 1.82) is 0 Å². The standard InChI is InChI=1S/C19H17N3O3S/c1-12-7-8-15(25-12)17(23)21-19-20-14-9-10-22(11-16(14)26-19)18(24)13-5-3-2-4-6-13/h2-8H,9-11H2,1H3,(H,20,21,23). The number of hydrogen-bond acceptors (Lipinski definition) is 5. The molecule has 1 aliphatic rings. The van der Waals surface area contributed by atoms with Crippen LogP contribution in [-0.4, -0.2) is 28.2 Å². The maximum Gasteiger partial charge on any atom is 0.293 e. The van der Waals surface area contributed by atoms with Crippen molar-refractivity contribution in [3.8, 4) is 0 Å². The van der Waals surface area contributed by atoms with E-state index in [0.29, 0.717) is 36.0 Å². The smallest absolute Gasteiger partial charge is 0.293 e. The van der Waals surface area contributed by atoms with Gasteiger partial charge in [0.25, 0.3) is 11.8 Å². The van der Waals surface area contributed by atoms with Crippen LogP contribution in [0.15, 0.2) is 46.9 Å². The molecule has 2 aromatic heterocycles. The number of carbonyl (C=O) groups is 2. The van der Waals surface area contributed by atoms with Crippen molar-refractivity contribution in [3.05, 3.63) is 70.1 Å². The lowest BCUT2D eigenvalue weighted by Crippen LogP contribution is -2.35. The molecule has 0 bridgehead atoms. The molecule has 1 aliphatic heterocycles. The van der Waals surface area contributed by atoms with Gasteiger partial charge in [-0.15, -0.1) is 0 Å². The van der Waals surface area contributed by atoms with Crippen molar-refractivity contribution in [1.82, 2.24) is 9.88 Å². The Balaban J connectivity index is 1.47. The molecule has 132 valence electrons. The molecule has 2 amide bonds. The first-order valence-electron chi connectivity index (χ1n) is 8.31. The summed E-state index contributed by atoms with van der Waals surface area (Å²) < 4.78 is 5.33. The summed E-state index contributed by atoms with van der Waals surface area (Å²) in [4.78, 5) is 32.1. The van der Waals surface area contributed by atoms with Gasteiger partial charge >= 0.3 is 0 Å². The molecule has 0 saturated carbocycles. The second-order valence-electron chi connectivity index (χ2n) is 6.10. The number of hydrogen-bond donors (Lipinski definition) is 1. The minimum atomic E-state index is -0.318. The number of nitrogens with zero attached hydrogens (tertiary/aromatic N) is 2. The predicted octanol–water partition coefficient (Wildman–Crippen LogP) is 3.50. The van der Waals surface area contributed by atoms with E-state index in [1.54, 1.807) is 19.1 Å². The maximum absolute atomic E-state index is 12.6. The van der Waals surface area contributed by atoms with Crippen LogP contribution in [0.4, 0.5) is 5.13 Å². The predicted molar refractivity (Wildman–Crippen MR) is 98.4 cm³/mol. The SMILES string of the molecule is Cc1ccc(C(=O)Nc2nc3c(s2)CN(C(=O)c2ccccc2)CC3)o1. The molecular formula is C19H17N3O3S. The number of amides is 2. The molecule has 0 spiro atoms. The highest BCUT2D eigenvalue weighted by molar-refractivity contribution is 7.15. The Kier molecular flexibility index (Phi) is 4.30. The van der Waals surface area contributed by atoms with Gasteiger partial charge in [-0.05, 0) is 31.2 Å². The van der Waals surface area contributed by atoms with Crippen LogP contribution in [0.3, 0.4) is 0 Å². The zero-order valence-electron chi connectivity index (χ0n) is 14.2. The fraction of sp³-hybridized carbons (Fsp3) is 0.211. The lowest BCUT2D eigenvalue weighted by molar-refractivity contribution is 0.0736. The first-order valence-corrected chi connectivity index (χ1v) is 9.12. The summed E-state index contributed by atoms with van der Waals surface area (Å²) in [6, 6.07) is 12.6. The van der Waals surface area contributed by atoms with Gasteiger partial charge in [0, 0.05) is 23.4 Å². The highest BCUT2D eigenvalue weighted by Gasteiger charge is 2.25. The summed E-state index contributed by atoms with van der Waals surface area (Å²) in [5, 5.41) is 3.31. The molecule has 3 aromatic rings. The lowest BCUT2D eigenvalue weighted by Gasteiger charge is -2.26. The molecule has 0 unspecified atom stereocenters. The lowest BCUT2D eigenvalue weighted by atomic mass is 10.1. The molecule has 26 heavy (non-hydrogen) atoms. The Hall–Kier alpha value is -2.93. The first kappa shape index (κ1) is 16.5. The molecule has 6 nitrogen and oxygen atoms in total. The number of thiazole rings is 1. The average Bonchev–Trinajstić information content (AvgIpc) is 3.26. The van der Waals surface area contributed by atoms with E-state index in [9.17, 15) is 9.59 Å². The molecule has 0 saturated heterocycles. The number of nitrogens with one attached hydrogen (secondary N) is 1. The van der Waals surface area contributed by atoms with Crippen LogP contribution in [0.5, 0.6) is 0 Å². The zero-order chi connectivity index (χ0) is 18.1. The number of aromatic nitrogens is 1. The van der Waals surface area contributed by atoms with E-state index in [4.69, 9.17) is 4.42 Å². The van der Waals surface area contributed by atoms with Crippen molar-refractivity contribution in [2.24, 2.45) is 0 Å². The number of anilines is 1. The van der Waals surface area contributed by atoms with E-state index >= 15 is 0 Å². The van der Waals surface area contributed by atoms with Crippen molar-refractivity contribution in [3.63, 3.8) is 0 Å². The van der Waals surface area contributed by atoms with Gasteiger partial charge in [0.15, 0.2) is 10.9 Å². The van der Waals surface area contributed by atoms with Crippen LogP contribution < -0.4 is 5.32 Å². The van der Waals surface area contributed by atoms with Crippen LogP contribution in [0.1, 0.15) is 37.2 Å². The summed E-state index contributed by atoms with van der Waals surface area (Å²) in [5.41, 5.74) is 1.63. The minimum absolute atomic E-state index is 0.0151. The summed E-state index contributed by atoms with van der Waals surface area (Å²) in [6.45, 7) is 2.92. The Morgan fingerprint density at radius 1 is 1.19 bits per heavy atom. The number of aryl methyl sites for hydroxylation is 1. The third-order valence-corrected chi connectivity index (χ3v) is 5.22. The fourth-order valence-electron chi connectivity index (χ4n) is 2.90. The van der Waals surface area contributed by atoms with Crippen molar-refractivity contribution in [2.45, 2.75) is 19.9 Å². The van der Waals surface area contributed by atoms with Crippen molar-refractivity contribution >= 4 is 28.3 Å². The normalized spacial score (nSPS) is 13.3. The first-order chi connectivity index (χ1) is 12.6. The summed E-state index contributed by atoms with van der Waals surface area (Å²) >= 11 is 1.40. The van der Waals surface area contributed by atoms with Crippen LogP contribution in [-0.2, 0) is 13.0 Å². The van der Waals surface area contributed by atoms with Gasteiger partial charge in [-0.1, -0.05) is 29.5 Å². The molecule has 0 radical (unpaired) electrons. The third-order valence-electron chi connectivity index (χ3n) is 4.22. The maximum atomic E-state index is 12.6. The molecule has 7 heteroatoms. The van der Waals surface area contributed by atoms with E-state index < -0.39 is 0 Å². The highest BCUT2D eigenvalue weighted by Crippen LogP contribution is 2.29. The topological polar surface area (TPSA) is 75.4 Å². The van der Waals surface area contributed by atoms with Crippen LogP contribution in [0.25, 0.3) is 0 Å². The molecule has 0 atom stereocenters. The summed E-state index contributed by atoms with van der Waals surface area (Å²) in [7, 11) is 0. The molecule has 1 N–H and O–H groups in total. The number of fused-ring (bicyclic) bond motifs is 1. The number of furan rings is 1. The van der Waals surface area contributed by atoms with Crippen molar-refractivity contribution < 1.29 is 14.0 Å². The molecule has 4 rings (SSSR count). The number of rotatable bonds is 3. The Labute approximate surface area is 154 Å². The largest absolute Gasteiger partial charge is 0.456 e. The van der Waals surface area contributed by atoms with Gasteiger partial charge in [0.2, 0.25) is 0 Å². The Morgan fingerprint density at radius 3 is 2.73 bits per heavy atom. The fourth-order valence-corrected chi connectivity index (χ4v) is 3.92. The van der Waals surface area contributed by atoms with Gasteiger partial charge < -0.3 is 9.32 Å². The summed E-state index contributed by atoms with van der Waals surface area (Å²) in [5.74, 6) is 0.642. The van der Waals surface area contributed by atoms with E-state index in [1.807, 2.05) is 35.2 Å². The van der Waals surface area contributed by atoms with Gasteiger partial charge in [-0.25, -0.2) is 4.98 Å². The third kappa shape index (κ3) is 3.25. The van der Waals surface area contributed by atoms with Gasteiger partial charge in [0.1, 0.15) is 5.76 Å². The molecule has 1 aromatic carbocycles. The molecule has 0 fully saturated rings. The van der Waals surface area contributed by atoms with Crippen LogP contribution in [0.2, 0.25) is 0 Å². The average molecular weight is 367 g/mol. The molecular weight excluding hydrogens is 350 g/mol. The molecule has 0 aliphatic carbocycles. The van der Waals surface area contributed by atoms with Crippen LogP contribution in [0, 0.1) is 6.92 Å². The molecule has 3 heterocycles. The number of carbonyl (C=O) groups excluding carboxylic acids is 2. The Morgan fingerprint density at radius 2 is 2.00 bits per heavy atom. The monoisotopic (exact) mass is 367 g/mol. The Bertz CT molecular complexity index is 962. The minimum Gasteiger partial charge on any atom is -0.456 e. The summed E-state index contributed by atoms with van der Waals surface area (Å²) in [6.07, 6.45) is 0.681. The van der Waals surface area contributed by atoms with E-state index in [2.05, 4.69) is 10.3 Å².